The van der Waals surface area contributed by atoms with Crippen LogP contribution in [0.15, 0.2) is 24.3 Å². The predicted octanol–water partition coefficient (Wildman–Crippen LogP) is 2.69. The summed E-state index contributed by atoms with van der Waals surface area (Å²) in [5.74, 6) is -0.739. The zero-order valence-corrected chi connectivity index (χ0v) is 12.9. The number of carboxylic acids is 1. The Hall–Kier alpha value is -2.37. The van der Waals surface area contributed by atoms with E-state index in [9.17, 15) is 9.90 Å². The Kier molecular flexibility index (Phi) is 3.83. The molecule has 6 heteroatoms. The summed E-state index contributed by atoms with van der Waals surface area (Å²) < 4.78 is 1.67. The van der Waals surface area contributed by atoms with Crippen LogP contribution in [0.25, 0.3) is 5.69 Å². The second-order valence-corrected chi connectivity index (χ2v) is 5.50. The third-order valence-electron chi connectivity index (χ3n) is 4.09. The van der Waals surface area contributed by atoms with Gasteiger partial charge in [-0.1, -0.05) is 5.21 Å². The summed E-state index contributed by atoms with van der Waals surface area (Å²) in [4.78, 5) is 13.6. The molecule has 1 aliphatic carbocycles. The molecule has 6 nitrogen and oxygen atoms in total. The minimum Gasteiger partial charge on any atom is -0.476 e. The van der Waals surface area contributed by atoms with Gasteiger partial charge in [0, 0.05) is 24.7 Å². The number of nitrogens with zero attached hydrogens (tertiary/aromatic N) is 4. The van der Waals surface area contributed by atoms with E-state index in [0.29, 0.717) is 0 Å². The number of anilines is 1. The van der Waals surface area contributed by atoms with E-state index in [0.717, 1.165) is 43.0 Å². The summed E-state index contributed by atoms with van der Waals surface area (Å²) in [7, 11) is 0. The van der Waals surface area contributed by atoms with Crippen molar-refractivity contribution in [1.82, 2.24) is 15.0 Å². The van der Waals surface area contributed by atoms with E-state index in [1.54, 1.807) is 4.68 Å². The van der Waals surface area contributed by atoms with Gasteiger partial charge in [-0.3, -0.25) is 0 Å². The van der Waals surface area contributed by atoms with Crippen LogP contribution in [0.1, 0.15) is 48.8 Å². The fourth-order valence-electron chi connectivity index (χ4n) is 2.75. The quantitative estimate of drug-likeness (QED) is 0.888. The SMILES string of the molecule is CCN(CC)c1ccc(-n2nnc(C(=O)O)c2C2CC2)cc1. The third kappa shape index (κ3) is 2.56. The highest BCUT2D eigenvalue weighted by Crippen LogP contribution is 2.42. The monoisotopic (exact) mass is 300 g/mol. The highest BCUT2D eigenvalue weighted by atomic mass is 16.4. The molecule has 0 bridgehead atoms. The first-order valence-electron chi connectivity index (χ1n) is 7.70. The fourth-order valence-corrected chi connectivity index (χ4v) is 2.75. The van der Waals surface area contributed by atoms with Gasteiger partial charge in [0.2, 0.25) is 0 Å². The first kappa shape index (κ1) is 14.6. The first-order chi connectivity index (χ1) is 10.7. The molecular weight excluding hydrogens is 280 g/mol. The minimum atomic E-state index is -1.01. The Bertz CT molecular complexity index is 670. The van der Waals surface area contributed by atoms with Crippen molar-refractivity contribution in [3.63, 3.8) is 0 Å². The molecule has 1 aliphatic rings. The van der Waals surface area contributed by atoms with Gasteiger partial charge >= 0.3 is 5.97 Å². The molecule has 116 valence electrons. The van der Waals surface area contributed by atoms with Crippen LogP contribution in [-0.2, 0) is 0 Å². The molecule has 3 rings (SSSR count). The lowest BCUT2D eigenvalue weighted by Crippen LogP contribution is -2.21. The second-order valence-electron chi connectivity index (χ2n) is 5.50. The molecule has 1 aromatic carbocycles. The number of carbonyl (C=O) groups is 1. The van der Waals surface area contributed by atoms with Crippen molar-refractivity contribution in [3.05, 3.63) is 35.7 Å². The van der Waals surface area contributed by atoms with E-state index in [2.05, 4.69) is 29.1 Å². The van der Waals surface area contributed by atoms with Gasteiger partial charge in [-0.05, 0) is 51.0 Å². The first-order valence-corrected chi connectivity index (χ1v) is 7.70. The van der Waals surface area contributed by atoms with Crippen molar-refractivity contribution < 1.29 is 9.90 Å². The number of carboxylic acid groups (broad SMARTS) is 1. The number of hydrogen-bond donors (Lipinski definition) is 1. The van der Waals surface area contributed by atoms with Crippen LogP contribution in [0, 0.1) is 0 Å². The smallest absolute Gasteiger partial charge is 0.358 e. The molecule has 0 radical (unpaired) electrons. The molecule has 2 aromatic rings. The average Bonchev–Trinajstić information content (AvgIpc) is 3.27. The van der Waals surface area contributed by atoms with E-state index in [4.69, 9.17) is 0 Å². The molecule has 1 aromatic heterocycles. The van der Waals surface area contributed by atoms with Crippen LogP contribution in [0.3, 0.4) is 0 Å². The molecule has 0 spiro atoms. The van der Waals surface area contributed by atoms with Crippen molar-refractivity contribution in [2.45, 2.75) is 32.6 Å². The van der Waals surface area contributed by atoms with Gasteiger partial charge in [-0.25, -0.2) is 9.48 Å². The molecule has 1 fully saturated rings. The number of rotatable bonds is 6. The summed E-state index contributed by atoms with van der Waals surface area (Å²) in [6.07, 6.45) is 2.01. The number of benzene rings is 1. The zero-order valence-electron chi connectivity index (χ0n) is 12.9. The van der Waals surface area contributed by atoms with Gasteiger partial charge in [0.15, 0.2) is 5.69 Å². The van der Waals surface area contributed by atoms with Crippen molar-refractivity contribution >= 4 is 11.7 Å². The molecule has 0 aliphatic heterocycles. The highest BCUT2D eigenvalue weighted by Gasteiger charge is 2.34. The van der Waals surface area contributed by atoms with E-state index >= 15 is 0 Å². The molecule has 0 unspecified atom stereocenters. The van der Waals surface area contributed by atoms with Crippen LogP contribution < -0.4 is 4.90 Å². The van der Waals surface area contributed by atoms with E-state index < -0.39 is 5.97 Å². The van der Waals surface area contributed by atoms with Gasteiger partial charge < -0.3 is 10.0 Å². The van der Waals surface area contributed by atoms with Crippen molar-refractivity contribution in [2.24, 2.45) is 0 Å². The second kappa shape index (κ2) is 5.79. The Morgan fingerprint density at radius 1 is 1.27 bits per heavy atom. The lowest BCUT2D eigenvalue weighted by atomic mass is 10.2. The summed E-state index contributed by atoms with van der Waals surface area (Å²) in [5, 5.41) is 17.2. The molecule has 1 saturated carbocycles. The highest BCUT2D eigenvalue weighted by molar-refractivity contribution is 5.87. The lowest BCUT2D eigenvalue weighted by Gasteiger charge is -2.21. The largest absolute Gasteiger partial charge is 0.476 e. The van der Waals surface area contributed by atoms with E-state index in [1.807, 2.05) is 24.3 Å². The van der Waals surface area contributed by atoms with Crippen molar-refractivity contribution in [1.29, 1.82) is 0 Å². The zero-order chi connectivity index (χ0) is 15.7. The van der Waals surface area contributed by atoms with Crippen LogP contribution in [-0.4, -0.2) is 39.2 Å². The van der Waals surface area contributed by atoms with E-state index in [1.165, 1.54) is 0 Å². The molecular formula is C16H20N4O2. The van der Waals surface area contributed by atoms with Gasteiger partial charge in [0.25, 0.3) is 0 Å². The molecule has 22 heavy (non-hydrogen) atoms. The third-order valence-corrected chi connectivity index (χ3v) is 4.09. The molecule has 1 N–H and O–H groups in total. The summed E-state index contributed by atoms with van der Waals surface area (Å²) in [5.41, 5.74) is 2.82. The van der Waals surface area contributed by atoms with Crippen LogP contribution >= 0.6 is 0 Å². The van der Waals surface area contributed by atoms with Crippen LogP contribution in [0.5, 0.6) is 0 Å². The maximum absolute atomic E-state index is 11.3. The minimum absolute atomic E-state index is 0.0790. The molecule has 0 saturated heterocycles. The molecule has 0 atom stereocenters. The molecule has 0 amide bonds. The summed E-state index contributed by atoms with van der Waals surface area (Å²) in [6, 6.07) is 8.03. The van der Waals surface area contributed by atoms with E-state index in [-0.39, 0.29) is 11.6 Å². The maximum Gasteiger partial charge on any atom is 0.358 e. The average molecular weight is 300 g/mol. The molecule has 1 heterocycles. The summed E-state index contributed by atoms with van der Waals surface area (Å²) in [6.45, 7) is 6.16. The van der Waals surface area contributed by atoms with Crippen LogP contribution in [0.4, 0.5) is 5.69 Å². The standard InChI is InChI=1S/C16H20N4O2/c1-3-19(4-2)12-7-9-13(10-8-12)20-15(11-5-6-11)14(16(21)22)17-18-20/h7-11H,3-6H2,1-2H3,(H,21,22). The van der Waals surface area contributed by atoms with Gasteiger partial charge in [0.05, 0.1) is 11.4 Å². The van der Waals surface area contributed by atoms with Crippen LogP contribution in [0.2, 0.25) is 0 Å². The maximum atomic E-state index is 11.3. The predicted molar refractivity (Wildman–Crippen MR) is 83.9 cm³/mol. The van der Waals surface area contributed by atoms with Gasteiger partial charge in [0.1, 0.15) is 0 Å². The Morgan fingerprint density at radius 3 is 2.41 bits per heavy atom. The number of aromatic carboxylic acids is 1. The fraction of sp³-hybridized carbons (Fsp3) is 0.438. The number of hydrogen-bond acceptors (Lipinski definition) is 4. The van der Waals surface area contributed by atoms with Crippen molar-refractivity contribution in [3.8, 4) is 5.69 Å². The van der Waals surface area contributed by atoms with Gasteiger partial charge in [-0.2, -0.15) is 0 Å². The Labute approximate surface area is 129 Å². The summed E-state index contributed by atoms with van der Waals surface area (Å²) >= 11 is 0. The Balaban J connectivity index is 1.96. The Morgan fingerprint density at radius 2 is 1.91 bits per heavy atom. The topological polar surface area (TPSA) is 71.2 Å². The number of aromatic nitrogens is 3. The lowest BCUT2D eigenvalue weighted by molar-refractivity contribution is 0.0689. The van der Waals surface area contributed by atoms with Crippen molar-refractivity contribution in [2.75, 3.05) is 18.0 Å². The normalized spacial score (nSPS) is 14.1. The van der Waals surface area contributed by atoms with Gasteiger partial charge in [-0.15, -0.1) is 5.10 Å².